The molecule has 0 spiro atoms. The Hall–Kier alpha value is -1.65. The van der Waals surface area contributed by atoms with Gasteiger partial charge < -0.3 is 10.0 Å². The van der Waals surface area contributed by atoms with Gasteiger partial charge in [-0.3, -0.25) is 0 Å². The van der Waals surface area contributed by atoms with Crippen LogP contribution in [0.2, 0.25) is 5.02 Å². The van der Waals surface area contributed by atoms with Crippen LogP contribution in [0.15, 0.2) is 36.4 Å². The Morgan fingerprint density at radius 2 is 1.95 bits per heavy atom. The van der Waals surface area contributed by atoms with Gasteiger partial charge in [0.1, 0.15) is 0 Å². The van der Waals surface area contributed by atoms with Crippen molar-refractivity contribution >= 4 is 17.4 Å². The van der Waals surface area contributed by atoms with Crippen molar-refractivity contribution in [2.45, 2.75) is 0 Å². The van der Waals surface area contributed by atoms with E-state index in [9.17, 15) is 0 Å². The molecule has 0 radical (unpaired) electrons. The van der Waals surface area contributed by atoms with Gasteiger partial charge >= 0.3 is 0 Å². The van der Waals surface area contributed by atoms with Crippen molar-refractivity contribution in [3.8, 4) is 11.3 Å². The maximum Gasteiger partial charge on any atom is 0.151 e. The minimum atomic E-state index is 0.238. The number of anilines is 1. The van der Waals surface area contributed by atoms with E-state index in [4.69, 9.17) is 16.7 Å². The Bertz CT molecular complexity index is 567. The van der Waals surface area contributed by atoms with E-state index in [1.165, 1.54) is 0 Å². The van der Waals surface area contributed by atoms with Gasteiger partial charge in [-0.15, -0.1) is 10.2 Å². The van der Waals surface area contributed by atoms with Crippen LogP contribution in [0.1, 0.15) is 0 Å². The van der Waals surface area contributed by atoms with E-state index in [1.54, 1.807) is 0 Å². The van der Waals surface area contributed by atoms with E-state index in [1.807, 2.05) is 36.4 Å². The molecule has 1 N–H and O–H groups in total. The van der Waals surface area contributed by atoms with E-state index in [0.717, 1.165) is 30.2 Å². The fraction of sp³-hybridized carbons (Fsp3) is 0.286. The Morgan fingerprint density at radius 1 is 1.16 bits per heavy atom. The summed E-state index contributed by atoms with van der Waals surface area (Å²) in [6.45, 7) is 1.93. The van der Waals surface area contributed by atoms with E-state index < -0.39 is 0 Å². The minimum Gasteiger partial charge on any atom is -0.396 e. The van der Waals surface area contributed by atoms with Gasteiger partial charge in [0, 0.05) is 31.2 Å². The third kappa shape index (κ3) is 2.41. The van der Waals surface area contributed by atoms with Crippen LogP contribution in [0.3, 0.4) is 0 Å². The number of aromatic nitrogens is 2. The number of benzene rings is 1. The number of hydrogen-bond donors (Lipinski definition) is 1. The molecule has 1 aliphatic rings. The number of aliphatic hydroxyl groups excluding tert-OH is 1. The summed E-state index contributed by atoms with van der Waals surface area (Å²) in [5.41, 5.74) is 1.66. The lowest BCUT2D eigenvalue weighted by Crippen LogP contribution is -2.48. The van der Waals surface area contributed by atoms with Crippen molar-refractivity contribution in [1.29, 1.82) is 0 Å². The molecule has 4 nitrogen and oxygen atoms in total. The molecule has 0 atom stereocenters. The van der Waals surface area contributed by atoms with Crippen LogP contribution < -0.4 is 4.90 Å². The smallest absolute Gasteiger partial charge is 0.151 e. The first-order valence-corrected chi connectivity index (χ1v) is 6.60. The van der Waals surface area contributed by atoms with Crippen molar-refractivity contribution in [3.63, 3.8) is 0 Å². The zero-order valence-corrected chi connectivity index (χ0v) is 11.1. The summed E-state index contributed by atoms with van der Waals surface area (Å²) in [5, 5.41) is 18.1. The van der Waals surface area contributed by atoms with Crippen molar-refractivity contribution in [1.82, 2.24) is 10.2 Å². The quantitative estimate of drug-likeness (QED) is 0.933. The molecule has 1 saturated heterocycles. The first-order chi connectivity index (χ1) is 9.28. The Morgan fingerprint density at radius 3 is 2.58 bits per heavy atom. The number of halogens is 1. The third-order valence-corrected chi connectivity index (χ3v) is 3.67. The van der Waals surface area contributed by atoms with Crippen LogP contribution in [0.25, 0.3) is 11.3 Å². The van der Waals surface area contributed by atoms with Crippen LogP contribution in [0, 0.1) is 5.92 Å². The molecular formula is C14H14ClN3O. The SMILES string of the molecule is OCC1CN(c2ccc(-c3ccccc3Cl)nn2)C1. The van der Waals surface area contributed by atoms with E-state index in [0.29, 0.717) is 10.9 Å². The van der Waals surface area contributed by atoms with Gasteiger partial charge in [0.15, 0.2) is 5.82 Å². The molecule has 5 heteroatoms. The van der Waals surface area contributed by atoms with Crippen LogP contribution in [-0.4, -0.2) is 35.0 Å². The zero-order valence-electron chi connectivity index (χ0n) is 10.3. The predicted molar refractivity (Wildman–Crippen MR) is 75.3 cm³/mol. The highest BCUT2D eigenvalue weighted by molar-refractivity contribution is 6.33. The summed E-state index contributed by atoms with van der Waals surface area (Å²) in [5.74, 6) is 1.21. The van der Waals surface area contributed by atoms with Gasteiger partial charge in [-0.1, -0.05) is 29.8 Å². The number of rotatable bonds is 3. The lowest BCUT2D eigenvalue weighted by Gasteiger charge is -2.38. The average molecular weight is 276 g/mol. The second-order valence-corrected chi connectivity index (χ2v) is 5.12. The fourth-order valence-electron chi connectivity index (χ4n) is 2.18. The van der Waals surface area contributed by atoms with Crippen molar-refractivity contribution in [2.24, 2.45) is 5.92 Å². The van der Waals surface area contributed by atoms with Crippen molar-refractivity contribution < 1.29 is 5.11 Å². The summed E-state index contributed by atoms with van der Waals surface area (Å²) in [6, 6.07) is 11.5. The standard InChI is InChI=1S/C14H14ClN3O/c15-12-4-2-1-3-11(12)13-5-6-14(17-16-13)18-7-10(8-18)9-19/h1-6,10,19H,7-9H2. The highest BCUT2D eigenvalue weighted by Gasteiger charge is 2.27. The first kappa shape index (κ1) is 12.4. The lowest BCUT2D eigenvalue weighted by atomic mass is 10.0. The molecule has 1 aromatic heterocycles. The highest BCUT2D eigenvalue weighted by atomic mass is 35.5. The largest absolute Gasteiger partial charge is 0.396 e. The summed E-state index contributed by atoms with van der Waals surface area (Å²) in [7, 11) is 0. The van der Waals surface area contributed by atoms with Crippen molar-refractivity contribution in [3.05, 3.63) is 41.4 Å². The van der Waals surface area contributed by atoms with Crippen molar-refractivity contribution in [2.75, 3.05) is 24.6 Å². The van der Waals surface area contributed by atoms with Gasteiger partial charge in [0.05, 0.1) is 10.7 Å². The second kappa shape index (κ2) is 5.15. The van der Waals surface area contributed by atoms with Crippen LogP contribution in [0.4, 0.5) is 5.82 Å². The predicted octanol–water partition coefficient (Wildman–Crippen LogP) is 2.23. The van der Waals surface area contributed by atoms with E-state index >= 15 is 0 Å². The summed E-state index contributed by atoms with van der Waals surface area (Å²) in [4.78, 5) is 2.10. The van der Waals surface area contributed by atoms with E-state index in [-0.39, 0.29) is 6.61 Å². The van der Waals surface area contributed by atoms with Crippen LogP contribution in [0.5, 0.6) is 0 Å². The molecule has 19 heavy (non-hydrogen) atoms. The number of nitrogens with zero attached hydrogens (tertiary/aromatic N) is 3. The molecule has 0 aliphatic carbocycles. The van der Waals surface area contributed by atoms with Gasteiger partial charge in [0.25, 0.3) is 0 Å². The molecule has 0 unspecified atom stereocenters. The van der Waals surface area contributed by atoms with Gasteiger partial charge in [-0.25, -0.2) is 0 Å². The molecule has 1 aromatic carbocycles. The maximum atomic E-state index is 9.00. The number of aliphatic hydroxyl groups is 1. The molecule has 3 rings (SSSR count). The minimum absolute atomic E-state index is 0.238. The molecule has 0 amide bonds. The van der Waals surface area contributed by atoms with E-state index in [2.05, 4.69) is 15.1 Å². The molecule has 1 fully saturated rings. The second-order valence-electron chi connectivity index (χ2n) is 4.71. The first-order valence-electron chi connectivity index (χ1n) is 6.22. The molecule has 2 heterocycles. The normalized spacial score (nSPS) is 15.4. The Kier molecular flexibility index (Phi) is 3.36. The summed E-state index contributed by atoms with van der Waals surface area (Å²) in [6.07, 6.45) is 0. The Balaban J connectivity index is 1.78. The molecule has 2 aromatic rings. The Labute approximate surface area is 116 Å². The van der Waals surface area contributed by atoms with Gasteiger partial charge in [0.2, 0.25) is 0 Å². The molecule has 0 bridgehead atoms. The van der Waals surface area contributed by atoms with Crippen LogP contribution >= 0.6 is 11.6 Å². The summed E-state index contributed by atoms with van der Waals surface area (Å²) < 4.78 is 0. The topological polar surface area (TPSA) is 49.2 Å². The lowest BCUT2D eigenvalue weighted by molar-refractivity contribution is 0.200. The number of hydrogen-bond acceptors (Lipinski definition) is 4. The molecule has 98 valence electrons. The monoisotopic (exact) mass is 275 g/mol. The highest BCUT2D eigenvalue weighted by Crippen LogP contribution is 2.27. The van der Waals surface area contributed by atoms with Gasteiger partial charge in [-0.2, -0.15) is 0 Å². The molecule has 1 aliphatic heterocycles. The molecular weight excluding hydrogens is 262 g/mol. The zero-order chi connectivity index (χ0) is 13.2. The average Bonchev–Trinajstić information content (AvgIpc) is 2.39. The maximum absolute atomic E-state index is 9.00. The van der Waals surface area contributed by atoms with Gasteiger partial charge in [-0.05, 0) is 18.2 Å². The summed E-state index contributed by atoms with van der Waals surface area (Å²) >= 11 is 6.13. The fourth-order valence-corrected chi connectivity index (χ4v) is 2.41. The third-order valence-electron chi connectivity index (χ3n) is 3.34. The molecule has 0 saturated carbocycles. The van der Waals surface area contributed by atoms with Crippen LogP contribution in [-0.2, 0) is 0 Å².